The van der Waals surface area contributed by atoms with E-state index in [1.54, 1.807) is 18.6 Å². The maximum atomic E-state index is 9.82. The number of hydrogen-bond donors (Lipinski definition) is 2. The maximum absolute atomic E-state index is 9.82. The van der Waals surface area contributed by atoms with E-state index in [1.807, 2.05) is 17.7 Å². The van der Waals surface area contributed by atoms with E-state index in [-0.39, 0.29) is 12.1 Å². The van der Waals surface area contributed by atoms with Crippen LogP contribution in [0.15, 0.2) is 24.8 Å². The molecule has 1 aliphatic rings. The molecule has 2 unspecified atom stereocenters. The van der Waals surface area contributed by atoms with Crippen LogP contribution in [0.25, 0.3) is 5.82 Å². The van der Waals surface area contributed by atoms with Crippen molar-refractivity contribution in [3.63, 3.8) is 0 Å². The van der Waals surface area contributed by atoms with Gasteiger partial charge in [0.05, 0.1) is 24.5 Å². The van der Waals surface area contributed by atoms with Gasteiger partial charge < -0.3 is 10.4 Å². The number of aryl methyl sites for hydroxylation is 1. The van der Waals surface area contributed by atoms with E-state index in [0.717, 1.165) is 30.9 Å². The van der Waals surface area contributed by atoms with E-state index >= 15 is 0 Å². The van der Waals surface area contributed by atoms with Gasteiger partial charge in [0.15, 0.2) is 5.82 Å². The molecule has 0 bridgehead atoms. The summed E-state index contributed by atoms with van der Waals surface area (Å²) in [6.07, 6.45) is 9.55. The lowest BCUT2D eigenvalue weighted by molar-refractivity contribution is 0.171. The molecule has 6 heteroatoms. The smallest absolute Gasteiger partial charge is 0.159 e. The lowest BCUT2D eigenvalue weighted by atomic mass is 10.2. The largest absolute Gasteiger partial charge is 0.391 e. The fourth-order valence-electron chi connectivity index (χ4n) is 2.46. The third-order valence-corrected chi connectivity index (χ3v) is 3.51. The van der Waals surface area contributed by atoms with Crippen molar-refractivity contribution in [1.29, 1.82) is 0 Å². The number of hydrogen-bond acceptors (Lipinski definition) is 5. The lowest BCUT2D eigenvalue weighted by Crippen LogP contribution is -2.28. The second-order valence-corrected chi connectivity index (χ2v) is 4.86. The minimum absolute atomic E-state index is 0.0773. The van der Waals surface area contributed by atoms with Gasteiger partial charge in [0.25, 0.3) is 0 Å². The summed E-state index contributed by atoms with van der Waals surface area (Å²) in [5.74, 6) is 2.29. The number of rotatable bonds is 3. The molecule has 19 heavy (non-hydrogen) atoms. The van der Waals surface area contributed by atoms with Gasteiger partial charge in [-0.1, -0.05) is 0 Å². The number of aromatic nitrogens is 4. The number of anilines is 1. The molecule has 0 amide bonds. The summed E-state index contributed by atoms with van der Waals surface area (Å²) in [5, 5.41) is 13.1. The second kappa shape index (κ2) is 4.97. The average molecular weight is 259 g/mol. The van der Waals surface area contributed by atoms with Gasteiger partial charge in [0.2, 0.25) is 0 Å². The fraction of sp³-hybridized carbons (Fsp3) is 0.462. The molecular formula is C13H17N5O. The number of nitrogens with zero attached hydrogens (tertiary/aromatic N) is 4. The predicted octanol–water partition coefficient (Wildman–Crippen LogP) is 1.30. The van der Waals surface area contributed by atoms with Crippen LogP contribution >= 0.6 is 0 Å². The van der Waals surface area contributed by atoms with Crippen molar-refractivity contribution >= 4 is 5.82 Å². The third-order valence-electron chi connectivity index (χ3n) is 3.51. The molecule has 2 aromatic heterocycles. The SMILES string of the molecule is Cc1nccn1-c1cncc(NC2CCCC2O)n1. The molecule has 3 rings (SSSR count). The quantitative estimate of drug-likeness (QED) is 0.868. The van der Waals surface area contributed by atoms with Crippen LogP contribution in [0.4, 0.5) is 5.82 Å². The molecule has 0 radical (unpaired) electrons. The van der Waals surface area contributed by atoms with Gasteiger partial charge in [-0.15, -0.1) is 0 Å². The van der Waals surface area contributed by atoms with E-state index in [1.165, 1.54) is 0 Å². The zero-order valence-electron chi connectivity index (χ0n) is 10.8. The van der Waals surface area contributed by atoms with Gasteiger partial charge in [0, 0.05) is 12.4 Å². The van der Waals surface area contributed by atoms with Crippen molar-refractivity contribution in [3.05, 3.63) is 30.6 Å². The molecule has 0 aliphatic heterocycles. The number of aliphatic hydroxyl groups is 1. The van der Waals surface area contributed by atoms with Crippen molar-refractivity contribution < 1.29 is 5.11 Å². The van der Waals surface area contributed by atoms with E-state index < -0.39 is 0 Å². The molecule has 100 valence electrons. The van der Waals surface area contributed by atoms with Gasteiger partial charge in [-0.05, 0) is 26.2 Å². The van der Waals surface area contributed by atoms with Gasteiger partial charge in [-0.2, -0.15) is 0 Å². The Morgan fingerprint density at radius 2 is 2.26 bits per heavy atom. The molecule has 0 saturated heterocycles. The molecule has 0 spiro atoms. The zero-order chi connectivity index (χ0) is 13.2. The van der Waals surface area contributed by atoms with Crippen LogP contribution in [0.5, 0.6) is 0 Å². The molecule has 2 aromatic rings. The van der Waals surface area contributed by atoms with E-state index in [4.69, 9.17) is 0 Å². The van der Waals surface area contributed by atoms with Gasteiger partial charge in [-0.3, -0.25) is 9.55 Å². The van der Waals surface area contributed by atoms with Crippen molar-refractivity contribution in [2.24, 2.45) is 0 Å². The predicted molar refractivity (Wildman–Crippen MR) is 71.2 cm³/mol. The molecular weight excluding hydrogens is 242 g/mol. The van der Waals surface area contributed by atoms with E-state index in [9.17, 15) is 5.11 Å². The number of aliphatic hydroxyl groups excluding tert-OH is 1. The van der Waals surface area contributed by atoms with Crippen molar-refractivity contribution in [2.45, 2.75) is 38.3 Å². The van der Waals surface area contributed by atoms with E-state index in [2.05, 4.69) is 20.3 Å². The van der Waals surface area contributed by atoms with Crippen LogP contribution in [0.1, 0.15) is 25.1 Å². The Labute approximate surface area is 111 Å². The highest BCUT2D eigenvalue weighted by Gasteiger charge is 2.25. The summed E-state index contributed by atoms with van der Waals surface area (Å²) in [6.45, 7) is 1.92. The first-order valence-electron chi connectivity index (χ1n) is 6.51. The van der Waals surface area contributed by atoms with Crippen LogP contribution in [0.3, 0.4) is 0 Å². The normalized spacial score (nSPS) is 22.6. The third kappa shape index (κ3) is 2.44. The maximum Gasteiger partial charge on any atom is 0.159 e. The Hall–Kier alpha value is -1.95. The molecule has 1 saturated carbocycles. The molecule has 2 N–H and O–H groups in total. The van der Waals surface area contributed by atoms with Crippen molar-refractivity contribution in [1.82, 2.24) is 19.5 Å². The summed E-state index contributed by atoms with van der Waals surface area (Å²) < 4.78 is 1.88. The Bertz CT molecular complexity index is 568. The van der Waals surface area contributed by atoms with Crippen LogP contribution < -0.4 is 5.32 Å². The Kier molecular flexibility index (Phi) is 3.16. The van der Waals surface area contributed by atoms with Gasteiger partial charge >= 0.3 is 0 Å². The fourth-order valence-corrected chi connectivity index (χ4v) is 2.46. The standard InChI is InChI=1S/C13H17N5O/c1-9-15-5-6-18(9)13-8-14-7-12(17-13)16-10-3-2-4-11(10)19/h5-8,10-11,19H,2-4H2,1H3,(H,16,17). The molecule has 6 nitrogen and oxygen atoms in total. The number of nitrogens with one attached hydrogen (secondary N) is 1. The van der Waals surface area contributed by atoms with Crippen LogP contribution in [-0.4, -0.2) is 36.8 Å². The first-order chi connectivity index (χ1) is 9.24. The van der Waals surface area contributed by atoms with Crippen LogP contribution in [0.2, 0.25) is 0 Å². The summed E-state index contributed by atoms with van der Waals surface area (Å²) in [5.41, 5.74) is 0. The van der Waals surface area contributed by atoms with Gasteiger partial charge in [0.1, 0.15) is 11.6 Å². The Morgan fingerprint density at radius 1 is 1.37 bits per heavy atom. The minimum Gasteiger partial charge on any atom is -0.391 e. The lowest BCUT2D eigenvalue weighted by Gasteiger charge is -2.17. The zero-order valence-corrected chi connectivity index (χ0v) is 10.8. The average Bonchev–Trinajstić information content (AvgIpc) is 3.00. The Morgan fingerprint density at radius 3 is 2.95 bits per heavy atom. The molecule has 2 heterocycles. The number of imidazole rings is 1. The first kappa shape index (κ1) is 12.1. The Balaban J connectivity index is 1.82. The second-order valence-electron chi connectivity index (χ2n) is 4.86. The highest BCUT2D eigenvalue weighted by molar-refractivity contribution is 5.38. The molecule has 2 atom stereocenters. The first-order valence-corrected chi connectivity index (χ1v) is 6.51. The minimum atomic E-state index is -0.291. The van der Waals surface area contributed by atoms with Crippen molar-refractivity contribution in [3.8, 4) is 5.82 Å². The molecule has 1 fully saturated rings. The topological polar surface area (TPSA) is 75.9 Å². The monoisotopic (exact) mass is 259 g/mol. The summed E-state index contributed by atoms with van der Waals surface area (Å²) in [6, 6.07) is 0.0773. The highest BCUT2D eigenvalue weighted by atomic mass is 16.3. The molecule has 0 aromatic carbocycles. The summed E-state index contributed by atoms with van der Waals surface area (Å²) in [4.78, 5) is 12.9. The summed E-state index contributed by atoms with van der Waals surface area (Å²) >= 11 is 0. The highest BCUT2D eigenvalue weighted by Crippen LogP contribution is 2.22. The van der Waals surface area contributed by atoms with Crippen molar-refractivity contribution in [2.75, 3.05) is 5.32 Å². The van der Waals surface area contributed by atoms with Crippen LogP contribution in [0, 0.1) is 6.92 Å². The van der Waals surface area contributed by atoms with Gasteiger partial charge in [-0.25, -0.2) is 9.97 Å². The van der Waals surface area contributed by atoms with Crippen LogP contribution in [-0.2, 0) is 0 Å². The summed E-state index contributed by atoms with van der Waals surface area (Å²) in [7, 11) is 0. The van der Waals surface area contributed by atoms with E-state index in [0.29, 0.717) is 5.82 Å². The molecule has 1 aliphatic carbocycles.